The zero-order chi connectivity index (χ0) is 9.78. The van der Waals surface area contributed by atoms with Crippen molar-refractivity contribution in [2.45, 2.75) is 6.18 Å². The van der Waals surface area contributed by atoms with Crippen LogP contribution in [0, 0.1) is 0 Å². The van der Waals surface area contributed by atoms with Crippen molar-refractivity contribution < 1.29 is 17.9 Å². The fourth-order valence-corrected chi connectivity index (χ4v) is 0.430. The Kier molecular flexibility index (Phi) is 3.59. The summed E-state index contributed by atoms with van der Waals surface area (Å²) in [6, 6.07) is 0. The molecule has 0 saturated heterocycles. The number of methoxy groups -OCH3 is 1. The normalized spacial score (nSPS) is 14.8. The molecule has 0 fully saturated rings. The molecule has 0 rings (SSSR count). The average Bonchev–Trinajstić information content (AvgIpc) is 1.97. The number of allylic oxidation sites excluding steroid dienone is 1. The SMILES string of the molecule is CN=C(C=C(N)C(F)(F)F)OC. The van der Waals surface area contributed by atoms with E-state index in [0.717, 1.165) is 0 Å². The molecular weight excluding hydrogens is 173 g/mol. The third-order valence-electron chi connectivity index (χ3n) is 1.04. The fraction of sp³-hybridized carbons (Fsp3) is 0.500. The van der Waals surface area contributed by atoms with Crippen LogP contribution < -0.4 is 5.73 Å². The highest BCUT2D eigenvalue weighted by Gasteiger charge is 2.31. The molecule has 12 heavy (non-hydrogen) atoms. The van der Waals surface area contributed by atoms with Crippen LogP contribution in [0.25, 0.3) is 0 Å². The van der Waals surface area contributed by atoms with E-state index < -0.39 is 11.9 Å². The number of ether oxygens (including phenoxy) is 1. The van der Waals surface area contributed by atoms with Gasteiger partial charge in [-0.3, -0.25) is 4.99 Å². The minimum Gasteiger partial charge on any atom is -0.481 e. The molecule has 0 aliphatic rings. The molecule has 0 heterocycles. The molecule has 0 unspecified atom stereocenters. The van der Waals surface area contributed by atoms with Gasteiger partial charge >= 0.3 is 6.18 Å². The molecule has 6 heteroatoms. The van der Waals surface area contributed by atoms with Gasteiger partial charge in [0.05, 0.1) is 7.11 Å². The van der Waals surface area contributed by atoms with Crippen LogP contribution in [0.15, 0.2) is 16.8 Å². The van der Waals surface area contributed by atoms with Crippen LogP contribution in [-0.2, 0) is 4.74 Å². The summed E-state index contributed by atoms with van der Waals surface area (Å²) in [5.74, 6) is -0.162. The van der Waals surface area contributed by atoms with Gasteiger partial charge in [0.2, 0.25) is 5.90 Å². The van der Waals surface area contributed by atoms with E-state index in [0.29, 0.717) is 6.08 Å². The minimum absolute atomic E-state index is 0.162. The Morgan fingerprint density at radius 3 is 2.25 bits per heavy atom. The third kappa shape index (κ3) is 3.27. The van der Waals surface area contributed by atoms with Crippen LogP contribution in [0.4, 0.5) is 13.2 Å². The summed E-state index contributed by atoms with van der Waals surface area (Å²) in [5.41, 5.74) is 3.45. The molecule has 0 bridgehead atoms. The number of nitrogens with zero attached hydrogens (tertiary/aromatic N) is 1. The second-order valence-corrected chi connectivity index (χ2v) is 1.86. The van der Waals surface area contributed by atoms with Gasteiger partial charge in [0.1, 0.15) is 5.70 Å². The van der Waals surface area contributed by atoms with E-state index in [4.69, 9.17) is 0 Å². The largest absolute Gasteiger partial charge is 0.481 e. The number of nitrogens with two attached hydrogens (primary N) is 1. The lowest BCUT2D eigenvalue weighted by atomic mass is 10.4. The van der Waals surface area contributed by atoms with Crippen LogP contribution in [0.5, 0.6) is 0 Å². The topological polar surface area (TPSA) is 47.6 Å². The van der Waals surface area contributed by atoms with Crippen molar-refractivity contribution >= 4 is 5.90 Å². The predicted octanol–water partition coefficient (Wildman–Crippen LogP) is 1.07. The van der Waals surface area contributed by atoms with Crippen molar-refractivity contribution in [1.29, 1.82) is 0 Å². The van der Waals surface area contributed by atoms with E-state index in [1.807, 2.05) is 0 Å². The second kappa shape index (κ2) is 3.99. The average molecular weight is 182 g/mol. The maximum Gasteiger partial charge on any atom is 0.430 e. The predicted molar refractivity (Wildman–Crippen MR) is 38.7 cm³/mol. The standard InChI is InChI=1S/C6H9F3N2O/c1-11-5(12-2)3-4(10)6(7,8)9/h3H,10H2,1-2H3. The Hall–Kier alpha value is -1.20. The lowest BCUT2D eigenvalue weighted by Gasteiger charge is -2.06. The summed E-state index contributed by atoms with van der Waals surface area (Å²) in [4.78, 5) is 3.40. The van der Waals surface area contributed by atoms with Crippen molar-refractivity contribution in [2.24, 2.45) is 10.7 Å². The van der Waals surface area contributed by atoms with Gasteiger partial charge in [0.25, 0.3) is 0 Å². The van der Waals surface area contributed by atoms with Crippen LogP contribution in [0.3, 0.4) is 0 Å². The molecule has 0 aliphatic heterocycles. The van der Waals surface area contributed by atoms with Gasteiger partial charge in [-0.25, -0.2) is 0 Å². The number of halogens is 3. The molecule has 0 aromatic carbocycles. The number of hydrogen-bond acceptors (Lipinski definition) is 3. The number of alkyl halides is 3. The second-order valence-electron chi connectivity index (χ2n) is 1.86. The van der Waals surface area contributed by atoms with Gasteiger partial charge in [-0.15, -0.1) is 0 Å². The van der Waals surface area contributed by atoms with Crippen molar-refractivity contribution in [3.8, 4) is 0 Å². The Bertz CT molecular complexity index is 207. The summed E-state index contributed by atoms with van der Waals surface area (Å²) >= 11 is 0. The van der Waals surface area contributed by atoms with E-state index >= 15 is 0 Å². The zero-order valence-electron chi connectivity index (χ0n) is 6.64. The lowest BCUT2D eigenvalue weighted by Crippen LogP contribution is -2.20. The van der Waals surface area contributed by atoms with Gasteiger partial charge < -0.3 is 10.5 Å². The first-order chi connectivity index (χ1) is 5.41. The fourth-order valence-electron chi connectivity index (χ4n) is 0.430. The Labute approximate surface area is 67.7 Å². The van der Waals surface area contributed by atoms with E-state index in [9.17, 15) is 13.2 Å². The first-order valence-corrected chi connectivity index (χ1v) is 2.97. The van der Waals surface area contributed by atoms with Crippen LogP contribution >= 0.6 is 0 Å². The maximum absolute atomic E-state index is 11.8. The molecule has 0 aromatic heterocycles. The molecule has 2 N–H and O–H groups in total. The van der Waals surface area contributed by atoms with Gasteiger partial charge in [-0.2, -0.15) is 13.2 Å². The van der Waals surface area contributed by atoms with E-state index in [1.165, 1.54) is 14.2 Å². The van der Waals surface area contributed by atoms with Gasteiger partial charge in [-0.1, -0.05) is 0 Å². The van der Waals surface area contributed by atoms with Crippen LogP contribution in [0.1, 0.15) is 0 Å². The molecule has 70 valence electrons. The summed E-state index contributed by atoms with van der Waals surface area (Å²) in [5, 5.41) is 0. The number of hydrogen-bond donors (Lipinski definition) is 1. The molecule has 0 radical (unpaired) electrons. The lowest BCUT2D eigenvalue weighted by molar-refractivity contribution is -0.0926. The molecule has 3 nitrogen and oxygen atoms in total. The van der Waals surface area contributed by atoms with Crippen molar-refractivity contribution in [3.05, 3.63) is 11.8 Å². The van der Waals surface area contributed by atoms with Gasteiger partial charge in [0.15, 0.2) is 0 Å². The minimum atomic E-state index is -4.53. The van der Waals surface area contributed by atoms with Gasteiger partial charge in [0, 0.05) is 13.1 Å². The van der Waals surface area contributed by atoms with Gasteiger partial charge in [-0.05, 0) is 0 Å². The first kappa shape index (κ1) is 10.8. The highest BCUT2D eigenvalue weighted by atomic mass is 19.4. The first-order valence-electron chi connectivity index (χ1n) is 2.97. The van der Waals surface area contributed by atoms with Crippen molar-refractivity contribution in [3.63, 3.8) is 0 Å². The molecule has 0 aliphatic carbocycles. The molecule has 0 atom stereocenters. The molecule has 0 amide bonds. The Morgan fingerprint density at radius 2 is 2.00 bits per heavy atom. The van der Waals surface area contributed by atoms with Crippen molar-refractivity contribution in [1.82, 2.24) is 0 Å². The third-order valence-corrected chi connectivity index (χ3v) is 1.04. The Morgan fingerprint density at radius 1 is 1.50 bits per heavy atom. The molecule has 0 saturated carbocycles. The summed E-state index contributed by atoms with van der Waals surface area (Å²) < 4.78 is 39.8. The number of aliphatic imine (C=N–C) groups is 1. The number of rotatable bonds is 1. The smallest absolute Gasteiger partial charge is 0.430 e. The zero-order valence-corrected chi connectivity index (χ0v) is 6.64. The summed E-state index contributed by atoms with van der Waals surface area (Å²) in [6.07, 6.45) is -3.91. The highest BCUT2D eigenvalue weighted by molar-refractivity contribution is 5.88. The highest BCUT2D eigenvalue weighted by Crippen LogP contribution is 2.21. The monoisotopic (exact) mass is 182 g/mol. The maximum atomic E-state index is 11.8. The molecule has 0 aromatic rings. The van der Waals surface area contributed by atoms with Crippen LogP contribution in [-0.4, -0.2) is 26.2 Å². The quantitative estimate of drug-likeness (QED) is 0.487. The van der Waals surface area contributed by atoms with Crippen LogP contribution in [0.2, 0.25) is 0 Å². The van der Waals surface area contributed by atoms with Crippen molar-refractivity contribution in [2.75, 3.05) is 14.2 Å². The Balaban J connectivity index is 4.56. The summed E-state index contributed by atoms with van der Waals surface area (Å²) in [6.45, 7) is 0. The molecular formula is C6H9F3N2O. The van der Waals surface area contributed by atoms with E-state index in [1.54, 1.807) is 0 Å². The summed E-state index contributed by atoms with van der Waals surface area (Å²) in [7, 11) is 2.52. The van der Waals surface area contributed by atoms with E-state index in [2.05, 4.69) is 15.5 Å². The molecule has 0 spiro atoms. The van der Waals surface area contributed by atoms with E-state index in [-0.39, 0.29) is 5.90 Å².